The molecule has 0 radical (unpaired) electrons. The molecule has 0 aliphatic carbocycles. The van der Waals surface area contributed by atoms with E-state index >= 15 is 0 Å². The number of para-hydroxylation sites is 1. The standard InChI is InChI=1S/C15H15NO2/c1-11-7-9-12(10-8-11)14(15(17)18)16-13-5-3-2-4-6-13/h2-10,14,16H,1H3,(H,17,18)/p-1/t14-/m1/s1. The quantitative estimate of drug-likeness (QED) is 0.888. The lowest BCUT2D eigenvalue weighted by molar-refractivity contribution is -0.307. The third kappa shape index (κ3) is 2.88. The Kier molecular flexibility index (Phi) is 3.63. The molecule has 3 nitrogen and oxygen atoms in total. The van der Waals surface area contributed by atoms with Crippen molar-refractivity contribution >= 4 is 11.7 Å². The lowest BCUT2D eigenvalue weighted by Crippen LogP contribution is -2.34. The third-order valence-corrected chi connectivity index (χ3v) is 2.73. The Bertz CT molecular complexity index is 520. The number of anilines is 1. The van der Waals surface area contributed by atoms with Crippen LogP contribution < -0.4 is 10.4 Å². The van der Waals surface area contributed by atoms with E-state index in [0.717, 1.165) is 11.3 Å². The number of hydrogen-bond donors (Lipinski definition) is 1. The SMILES string of the molecule is Cc1ccc([C@@H](Nc2ccccc2)C(=O)[O-])cc1. The number of rotatable bonds is 4. The summed E-state index contributed by atoms with van der Waals surface area (Å²) in [6, 6.07) is 15.8. The van der Waals surface area contributed by atoms with Crippen molar-refractivity contribution in [2.45, 2.75) is 13.0 Å². The Balaban J connectivity index is 2.24. The highest BCUT2D eigenvalue weighted by Gasteiger charge is 2.11. The summed E-state index contributed by atoms with van der Waals surface area (Å²) in [7, 11) is 0. The molecule has 18 heavy (non-hydrogen) atoms. The van der Waals surface area contributed by atoms with Crippen molar-refractivity contribution in [1.82, 2.24) is 0 Å². The predicted molar refractivity (Wildman–Crippen MR) is 69.0 cm³/mol. The van der Waals surface area contributed by atoms with Crippen molar-refractivity contribution in [3.8, 4) is 0 Å². The van der Waals surface area contributed by atoms with Crippen LogP contribution in [-0.4, -0.2) is 5.97 Å². The first kappa shape index (κ1) is 12.2. The van der Waals surface area contributed by atoms with Gasteiger partial charge in [-0.3, -0.25) is 0 Å². The zero-order valence-corrected chi connectivity index (χ0v) is 10.1. The third-order valence-electron chi connectivity index (χ3n) is 2.73. The summed E-state index contributed by atoms with van der Waals surface area (Å²) in [5, 5.41) is 14.2. The fourth-order valence-electron chi connectivity index (χ4n) is 1.74. The molecule has 0 spiro atoms. The van der Waals surface area contributed by atoms with E-state index in [4.69, 9.17) is 0 Å². The second-order valence-corrected chi connectivity index (χ2v) is 4.17. The molecule has 0 saturated carbocycles. The molecular formula is C15H14NO2-. The van der Waals surface area contributed by atoms with E-state index in [9.17, 15) is 9.90 Å². The van der Waals surface area contributed by atoms with E-state index in [0.29, 0.717) is 5.56 Å². The molecule has 0 aromatic heterocycles. The molecule has 2 aromatic carbocycles. The van der Waals surface area contributed by atoms with E-state index < -0.39 is 12.0 Å². The van der Waals surface area contributed by atoms with Gasteiger partial charge in [-0.1, -0.05) is 48.0 Å². The maximum absolute atomic E-state index is 11.2. The molecular weight excluding hydrogens is 226 g/mol. The molecule has 92 valence electrons. The zero-order chi connectivity index (χ0) is 13.0. The van der Waals surface area contributed by atoms with Crippen molar-refractivity contribution in [1.29, 1.82) is 0 Å². The van der Waals surface area contributed by atoms with Crippen molar-refractivity contribution in [2.24, 2.45) is 0 Å². The molecule has 1 atom stereocenters. The Labute approximate surface area is 106 Å². The molecule has 0 unspecified atom stereocenters. The van der Waals surface area contributed by atoms with Crippen LogP contribution in [0.5, 0.6) is 0 Å². The van der Waals surface area contributed by atoms with Gasteiger partial charge in [0.25, 0.3) is 0 Å². The van der Waals surface area contributed by atoms with Gasteiger partial charge in [-0.25, -0.2) is 0 Å². The van der Waals surface area contributed by atoms with Crippen molar-refractivity contribution in [3.63, 3.8) is 0 Å². The number of carbonyl (C=O) groups excluding carboxylic acids is 1. The highest BCUT2D eigenvalue weighted by atomic mass is 16.4. The lowest BCUT2D eigenvalue weighted by Gasteiger charge is -2.21. The predicted octanol–water partition coefficient (Wildman–Crippen LogP) is 1.90. The molecule has 0 aliphatic rings. The summed E-state index contributed by atoms with van der Waals surface area (Å²) in [5.41, 5.74) is 2.53. The molecule has 0 amide bonds. The minimum atomic E-state index is -1.14. The topological polar surface area (TPSA) is 52.2 Å². The van der Waals surface area contributed by atoms with Crippen molar-refractivity contribution < 1.29 is 9.90 Å². The molecule has 2 rings (SSSR count). The average molecular weight is 240 g/mol. The van der Waals surface area contributed by atoms with Crippen LogP contribution in [0.25, 0.3) is 0 Å². The summed E-state index contributed by atoms with van der Waals surface area (Å²) < 4.78 is 0. The number of carboxylic acids is 1. The van der Waals surface area contributed by atoms with Crippen LogP contribution in [0.4, 0.5) is 5.69 Å². The minimum absolute atomic E-state index is 0.685. The molecule has 0 aliphatic heterocycles. The first-order valence-electron chi connectivity index (χ1n) is 5.76. The molecule has 0 saturated heterocycles. The average Bonchev–Trinajstić information content (AvgIpc) is 2.38. The maximum Gasteiger partial charge on any atom is 0.0912 e. The Hall–Kier alpha value is -2.29. The summed E-state index contributed by atoms with van der Waals surface area (Å²) in [5.74, 6) is -1.14. The van der Waals surface area contributed by atoms with Gasteiger partial charge in [0.2, 0.25) is 0 Å². The van der Waals surface area contributed by atoms with Gasteiger partial charge >= 0.3 is 0 Å². The molecule has 3 heteroatoms. The van der Waals surface area contributed by atoms with E-state index in [1.807, 2.05) is 49.4 Å². The van der Waals surface area contributed by atoms with Gasteiger partial charge in [-0.2, -0.15) is 0 Å². The number of carboxylic acid groups (broad SMARTS) is 1. The Morgan fingerprint density at radius 3 is 2.22 bits per heavy atom. The minimum Gasteiger partial charge on any atom is -0.548 e. The molecule has 2 aromatic rings. The van der Waals surface area contributed by atoms with Crippen LogP contribution in [0.3, 0.4) is 0 Å². The van der Waals surface area contributed by atoms with Gasteiger partial charge in [0.05, 0.1) is 12.0 Å². The largest absolute Gasteiger partial charge is 0.548 e. The maximum atomic E-state index is 11.2. The molecule has 0 bridgehead atoms. The summed E-state index contributed by atoms with van der Waals surface area (Å²) in [4.78, 5) is 11.2. The lowest BCUT2D eigenvalue weighted by atomic mass is 10.0. The second-order valence-electron chi connectivity index (χ2n) is 4.17. The summed E-state index contributed by atoms with van der Waals surface area (Å²) >= 11 is 0. The van der Waals surface area contributed by atoms with Gasteiger partial charge in [0.1, 0.15) is 0 Å². The van der Waals surface area contributed by atoms with Gasteiger partial charge in [-0.15, -0.1) is 0 Å². The number of hydrogen-bond acceptors (Lipinski definition) is 3. The second kappa shape index (κ2) is 5.36. The van der Waals surface area contributed by atoms with E-state index in [-0.39, 0.29) is 0 Å². The summed E-state index contributed by atoms with van der Waals surface area (Å²) in [6.45, 7) is 1.96. The molecule has 0 fully saturated rings. The molecule has 0 heterocycles. The first-order valence-corrected chi connectivity index (χ1v) is 5.76. The number of nitrogens with one attached hydrogen (secondary N) is 1. The first-order chi connectivity index (χ1) is 8.66. The van der Waals surface area contributed by atoms with Crippen LogP contribution in [0.15, 0.2) is 54.6 Å². The van der Waals surface area contributed by atoms with Gasteiger partial charge in [0, 0.05) is 5.69 Å². The van der Waals surface area contributed by atoms with Crippen molar-refractivity contribution in [3.05, 3.63) is 65.7 Å². The van der Waals surface area contributed by atoms with E-state index in [1.165, 1.54) is 0 Å². The van der Waals surface area contributed by atoms with E-state index in [2.05, 4.69) is 5.32 Å². The molecule has 1 N–H and O–H groups in total. The Morgan fingerprint density at radius 2 is 1.67 bits per heavy atom. The van der Waals surface area contributed by atoms with Gasteiger partial charge in [-0.05, 0) is 24.6 Å². The van der Waals surface area contributed by atoms with Gasteiger partial charge < -0.3 is 15.2 Å². The Morgan fingerprint density at radius 1 is 1.06 bits per heavy atom. The summed E-state index contributed by atoms with van der Waals surface area (Å²) in [6.07, 6.45) is 0. The van der Waals surface area contributed by atoms with Crippen LogP contribution >= 0.6 is 0 Å². The number of aliphatic carboxylic acids is 1. The fraction of sp³-hybridized carbons (Fsp3) is 0.133. The van der Waals surface area contributed by atoms with E-state index in [1.54, 1.807) is 12.1 Å². The normalized spacial score (nSPS) is 11.8. The monoisotopic (exact) mass is 240 g/mol. The highest BCUT2D eigenvalue weighted by molar-refractivity contribution is 5.77. The fourth-order valence-corrected chi connectivity index (χ4v) is 1.74. The van der Waals surface area contributed by atoms with Crippen molar-refractivity contribution in [2.75, 3.05) is 5.32 Å². The van der Waals surface area contributed by atoms with Gasteiger partial charge in [0.15, 0.2) is 0 Å². The number of benzene rings is 2. The zero-order valence-electron chi connectivity index (χ0n) is 10.1. The van der Waals surface area contributed by atoms with Crippen LogP contribution in [0, 0.1) is 6.92 Å². The van der Waals surface area contributed by atoms with Crippen LogP contribution in [-0.2, 0) is 4.79 Å². The number of aryl methyl sites for hydroxylation is 1. The smallest absolute Gasteiger partial charge is 0.0912 e. The number of carbonyl (C=O) groups is 1. The van der Waals surface area contributed by atoms with Crippen LogP contribution in [0.2, 0.25) is 0 Å². The highest BCUT2D eigenvalue weighted by Crippen LogP contribution is 2.19. The van der Waals surface area contributed by atoms with Crippen LogP contribution in [0.1, 0.15) is 17.2 Å².